The van der Waals surface area contributed by atoms with Gasteiger partial charge in [-0.05, 0) is 90.5 Å². The van der Waals surface area contributed by atoms with Crippen LogP contribution in [0.1, 0.15) is 22.3 Å². The van der Waals surface area contributed by atoms with Crippen molar-refractivity contribution in [2.45, 2.75) is 13.5 Å². The molecule has 0 aliphatic rings. The Bertz CT molecular complexity index is 1290. The fourth-order valence-corrected chi connectivity index (χ4v) is 4.79. The lowest BCUT2D eigenvalue weighted by Crippen LogP contribution is -1.97. The van der Waals surface area contributed by atoms with Crippen LogP contribution in [0.3, 0.4) is 0 Å². The topological polar surface area (TPSA) is 33.0 Å². The molecule has 2 nitrogen and oxygen atoms in total. The van der Waals surface area contributed by atoms with E-state index < -0.39 is 0 Å². The maximum Gasteiger partial charge on any atom is 0.148 e. The van der Waals surface area contributed by atoms with E-state index in [2.05, 4.69) is 81.3 Å². The van der Waals surface area contributed by atoms with Gasteiger partial charge in [0.1, 0.15) is 12.4 Å². The first-order chi connectivity index (χ1) is 15.0. The van der Waals surface area contributed by atoms with Crippen molar-refractivity contribution in [3.05, 3.63) is 110 Å². The van der Waals surface area contributed by atoms with Gasteiger partial charge in [-0.1, -0.05) is 66.2 Å². The Balaban J connectivity index is 1.60. The van der Waals surface area contributed by atoms with Crippen molar-refractivity contribution < 1.29 is 4.74 Å². The van der Waals surface area contributed by atoms with Crippen LogP contribution in [0.5, 0.6) is 5.75 Å². The summed E-state index contributed by atoms with van der Waals surface area (Å²) < 4.78 is 7.69. The molecule has 4 heteroatoms. The van der Waals surface area contributed by atoms with Crippen molar-refractivity contribution >= 4 is 54.3 Å². The molecule has 0 N–H and O–H groups in total. The number of fused-ring (bicyclic) bond motifs is 1. The van der Waals surface area contributed by atoms with Gasteiger partial charge in [0.25, 0.3) is 0 Å². The third-order valence-corrected chi connectivity index (χ3v) is 6.19. The minimum Gasteiger partial charge on any atom is -0.487 e. The molecule has 4 aromatic rings. The monoisotopic (exact) mass is 531 g/mol. The highest BCUT2D eigenvalue weighted by Gasteiger charge is 2.10. The summed E-state index contributed by atoms with van der Waals surface area (Å²) >= 11 is 7.23. The van der Waals surface area contributed by atoms with Gasteiger partial charge in [0, 0.05) is 0 Å². The molecule has 0 aliphatic carbocycles. The Hall–Kier alpha value is -2.87. The van der Waals surface area contributed by atoms with Crippen LogP contribution in [0, 0.1) is 18.3 Å². The number of benzene rings is 4. The summed E-state index contributed by atoms with van der Waals surface area (Å²) in [5, 5.41) is 12.0. The molecule has 0 saturated heterocycles. The summed E-state index contributed by atoms with van der Waals surface area (Å²) in [6.45, 7) is 2.55. The van der Waals surface area contributed by atoms with Crippen molar-refractivity contribution in [1.82, 2.24) is 0 Å². The van der Waals surface area contributed by atoms with Crippen LogP contribution in [-0.2, 0) is 6.61 Å². The third kappa shape index (κ3) is 5.07. The Morgan fingerprint density at radius 2 is 1.58 bits per heavy atom. The lowest BCUT2D eigenvalue weighted by atomic mass is 10.0. The van der Waals surface area contributed by atoms with Gasteiger partial charge in [-0.3, -0.25) is 0 Å². The largest absolute Gasteiger partial charge is 0.487 e. The van der Waals surface area contributed by atoms with Gasteiger partial charge in [-0.15, -0.1) is 0 Å². The van der Waals surface area contributed by atoms with Crippen molar-refractivity contribution in [1.29, 1.82) is 5.26 Å². The quantitative estimate of drug-likeness (QED) is 0.191. The molecule has 0 spiro atoms. The summed E-state index contributed by atoms with van der Waals surface area (Å²) in [6.07, 6.45) is 1.89. The van der Waals surface area contributed by atoms with Crippen LogP contribution in [0.4, 0.5) is 0 Å². The SMILES string of the molecule is Cc1ccc(COc2c(Br)cc(/C=C(/C#N)c3ccc4ccccc4c3)cc2Br)cc1. The number of ether oxygens (including phenoxy) is 1. The molecular weight excluding hydrogens is 514 g/mol. The molecule has 4 rings (SSSR count). The van der Waals surface area contributed by atoms with Crippen molar-refractivity contribution in [2.75, 3.05) is 0 Å². The van der Waals surface area contributed by atoms with Crippen LogP contribution >= 0.6 is 31.9 Å². The van der Waals surface area contributed by atoms with E-state index in [1.54, 1.807) is 0 Å². The highest BCUT2D eigenvalue weighted by atomic mass is 79.9. The molecule has 0 aliphatic heterocycles. The van der Waals surface area contributed by atoms with E-state index >= 15 is 0 Å². The Kier molecular flexibility index (Phi) is 6.56. The average Bonchev–Trinajstić information content (AvgIpc) is 2.78. The van der Waals surface area contributed by atoms with Crippen molar-refractivity contribution in [2.24, 2.45) is 0 Å². The van der Waals surface area contributed by atoms with E-state index in [0.717, 1.165) is 42.2 Å². The molecule has 152 valence electrons. The van der Waals surface area contributed by atoms with E-state index in [0.29, 0.717) is 12.2 Å². The lowest BCUT2D eigenvalue weighted by molar-refractivity contribution is 0.302. The van der Waals surface area contributed by atoms with Crippen LogP contribution in [0.2, 0.25) is 0 Å². The summed E-state index contributed by atoms with van der Waals surface area (Å²) in [4.78, 5) is 0. The first-order valence-corrected chi connectivity index (χ1v) is 11.4. The first-order valence-electron chi connectivity index (χ1n) is 9.82. The van der Waals surface area contributed by atoms with Crippen LogP contribution in [0.25, 0.3) is 22.4 Å². The molecule has 0 amide bonds. The second-order valence-corrected chi connectivity index (χ2v) is 9.03. The normalized spacial score (nSPS) is 11.4. The number of hydrogen-bond donors (Lipinski definition) is 0. The van der Waals surface area contributed by atoms with Gasteiger partial charge in [-0.2, -0.15) is 5.26 Å². The lowest BCUT2D eigenvalue weighted by Gasteiger charge is -2.12. The van der Waals surface area contributed by atoms with Crippen LogP contribution < -0.4 is 4.74 Å². The summed E-state index contributed by atoms with van der Waals surface area (Å²) in [7, 11) is 0. The smallest absolute Gasteiger partial charge is 0.148 e. The fraction of sp³-hybridized carbons (Fsp3) is 0.0741. The summed E-state index contributed by atoms with van der Waals surface area (Å²) in [5.74, 6) is 0.738. The molecule has 0 unspecified atom stereocenters. The van der Waals surface area contributed by atoms with Gasteiger partial charge in [0.2, 0.25) is 0 Å². The minimum absolute atomic E-state index is 0.479. The van der Waals surface area contributed by atoms with E-state index in [-0.39, 0.29) is 0 Å². The second-order valence-electron chi connectivity index (χ2n) is 7.32. The predicted octanol–water partition coefficient (Wildman–Crippen LogP) is 8.32. The van der Waals surface area contributed by atoms with Gasteiger partial charge in [0.05, 0.1) is 20.6 Å². The molecule has 0 radical (unpaired) electrons. The molecule has 31 heavy (non-hydrogen) atoms. The Morgan fingerprint density at radius 1 is 0.903 bits per heavy atom. The van der Waals surface area contributed by atoms with E-state index in [1.165, 1.54) is 5.56 Å². The standard InChI is InChI=1S/C27H19Br2NO/c1-18-6-8-19(9-7-18)17-31-27-25(28)13-20(14-26(27)29)12-24(16-30)23-11-10-21-4-2-3-5-22(21)15-23/h2-15H,17H2,1H3/b24-12-. The highest BCUT2D eigenvalue weighted by Crippen LogP contribution is 2.36. The molecule has 0 fully saturated rings. The van der Waals surface area contributed by atoms with E-state index in [9.17, 15) is 5.26 Å². The zero-order valence-electron chi connectivity index (χ0n) is 16.9. The molecular formula is C27H19Br2NO. The maximum absolute atomic E-state index is 9.77. The Morgan fingerprint density at radius 3 is 2.26 bits per heavy atom. The zero-order chi connectivity index (χ0) is 21.8. The van der Waals surface area contributed by atoms with Gasteiger partial charge in [-0.25, -0.2) is 0 Å². The van der Waals surface area contributed by atoms with E-state index in [4.69, 9.17) is 4.74 Å². The molecule has 0 bridgehead atoms. The number of halogens is 2. The molecule has 0 aromatic heterocycles. The van der Waals surface area contributed by atoms with Crippen LogP contribution in [-0.4, -0.2) is 0 Å². The van der Waals surface area contributed by atoms with E-state index in [1.807, 2.05) is 48.5 Å². The number of hydrogen-bond acceptors (Lipinski definition) is 2. The number of nitriles is 1. The highest BCUT2D eigenvalue weighted by molar-refractivity contribution is 9.11. The molecule has 0 atom stereocenters. The number of allylic oxidation sites excluding steroid dienone is 1. The number of aryl methyl sites for hydroxylation is 1. The maximum atomic E-state index is 9.77. The fourth-order valence-electron chi connectivity index (χ4n) is 3.34. The third-order valence-electron chi connectivity index (χ3n) is 5.02. The van der Waals surface area contributed by atoms with Gasteiger partial charge in [0.15, 0.2) is 0 Å². The number of nitrogens with zero attached hydrogens (tertiary/aromatic N) is 1. The van der Waals surface area contributed by atoms with Gasteiger partial charge < -0.3 is 4.74 Å². The average molecular weight is 533 g/mol. The second kappa shape index (κ2) is 9.51. The predicted molar refractivity (Wildman–Crippen MR) is 135 cm³/mol. The van der Waals surface area contributed by atoms with Crippen molar-refractivity contribution in [3.8, 4) is 11.8 Å². The summed E-state index contributed by atoms with van der Waals surface area (Å²) in [5.41, 5.74) is 4.75. The summed E-state index contributed by atoms with van der Waals surface area (Å²) in [6, 6.07) is 28.8. The van der Waals surface area contributed by atoms with Crippen LogP contribution in [0.15, 0.2) is 87.8 Å². The van der Waals surface area contributed by atoms with Gasteiger partial charge >= 0.3 is 0 Å². The number of rotatable bonds is 5. The molecule has 0 heterocycles. The minimum atomic E-state index is 0.479. The Labute approximate surface area is 199 Å². The van der Waals surface area contributed by atoms with Crippen molar-refractivity contribution in [3.63, 3.8) is 0 Å². The molecule has 4 aromatic carbocycles. The molecule has 0 saturated carbocycles. The first kappa shape index (κ1) is 21.4. The zero-order valence-corrected chi connectivity index (χ0v) is 20.1.